The molecule has 4 heteroatoms. The molecule has 0 aliphatic heterocycles. The van der Waals surface area contributed by atoms with Crippen LogP contribution in [0.4, 0.5) is 0 Å². The number of hydrogen-bond acceptors (Lipinski definition) is 3. The summed E-state index contributed by atoms with van der Waals surface area (Å²) in [5.41, 5.74) is 2.16. The maximum atomic E-state index is 11.3. The van der Waals surface area contributed by atoms with Crippen molar-refractivity contribution in [3.05, 3.63) is 42.2 Å². The molecule has 88 valence electrons. The molecule has 0 atom stereocenters. The standard InChI is InChI=1S/C13H14N2O2/c1-10-4-3-5-11(8-10)13-14-6-7-15(13)9-12(16)17-2/h3-8H,9H2,1-2H3. The van der Waals surface area contributed by atoms with Gasteiger partial charge in [-0.15, -0.1) is 0 Å². The van der Waals surface area contributed by atoms with Gasteiger partial charge in [-0.25, -0.2) is 4.98 Å². The normalized spacial score (nSPS) is 10.2. The molecular weight excluding hydrogens is 216 g/mol. The van der Waals surface area contributed by atoms with Crippen LogP contribution >= 0.6 is 0 Å². The second-order valence-corrected chi connectivity index (χ2v) is 3.82. The van der Waals surface area contributed by atoms with E-state index in [-0.39, 0.29) is 12.5 Å². The SMILES string of the molecule is COC(=O)Cn1ccnc1-c1cccc(C)c1. The first-order valence-electron chi connectivity index (χ1n) is 5.35. The molecule has 0 saturated heterocycles. The number of carbonyl (C=O) groups is 1. The summed E-state index contributed by atoms with van der Waals surface area (Å²) >= 11 is 0. The highest BCUT2D eigenvalue weighted by Crippen LogP contribution is 2.18. The van der Waals surface area contributed by atoms with Crippen molar-refractivity contribution in [2.45, 2.75) is 13.5 Å². The second kappa shape index (κ2) is 4.82. The lowest BCUT2D eigenvalue weighted by atomic mass is 10.1. The van der Waals surface area contributed by atoms with Gasteiger partial charge >= 0.3 is 5.97 Å². The van der Waals surface area contributed by atoms with Crippen LogP contribution in [0.5, 0.6) is 0 Å². The molecule has 0 aliphatic carbocycles. The Morgan fingerprint density at radius 3 is 3.00 bits per heavy atom. The van der Waals surface area contributed by atoms with Crippen LogP contribution in [0.2, 0.25) is 0 Å². The van der Waals surface area contributed by atoms with Crippen LogP contribution in [0.25, 0.3) is 11.4 Å². The van der Waals surface area contributed by atoms with Crippen molar-refractivity contribution in [1.29, 1.82) is 0 Å². The largest absolute Gasteiger partial charge is 0.468 e. The molecule has 4 nitrogen and oxygen atoms in total. The number of methoxy groups -OCH3 is 1. The fourth-order valence-corrected chi connectivity index (χ4v) is 1.68. The number of ether oxygens (including phenoxy) is 1. The van der Waals surface area contributed by atoms with E-state index in [1.165, 1.54) is 7.11 Å². The highest BCUT2D eigenvalue weighted by atomic mass is 16.5. The average molecular weight is 230 g/mol. The molecule has 17 heavy (non-hydrogen) atoms. The monoisotopic (exact) mass is 230 g/mol. The highest BCUT2D eigenvalue weighted by Gasteiger charge is 2.09. The molecular formula is C13H14N2O2. The number of benzene rings is 1. The summed E-state index contributed by atoms with van der Waals surface area (Å²) in [6.45, 7) is 2.21. The van der Waals surface area contributed by atoms with E-state index < -0.39 is 0 Å². The fourth-order valence-electron chi connectivity index (χ4n) is 1.68. The number of aryl methyl sites for hydroxylation is 1. The van der Waals surface area contributed by atoms with Crippen LogP contribution in [-0.2, 0) is 16.1 Å². The molecule has 1 heterocycles. The van der Waals surface area contributed by atoms with Crippen LogP contribution in [0.15, 0.2) is 36.7 Å². The molecule has 0 bridgehead atoms. The summed E-state index contributed by atoms with van der Waals surface area (Å²) in [4.78, 5) is 15.5. The summed E-state index contributed by atoms with van der Waals surface area (Å²) in [6, 6.07) is 8.01. The van der Waals surface area contributed by atoms with Crippen molar-refractivity contribution in [3.63, 3.8) is 0 Å². The Morgan fingerprint density at radius 1 is 1.47 bits per heavy atom. The zero-order chi connectivity index (χ0) is 12.3. The van der Waals surface area contributed by atoms with Crippen molar-refractivity contribution in [2.75, 3.05) is 7.11 Å². The molecule has 1 aromatic carbocycles. The Hall–Kier alpha value is -2.10. The van der Waals surface area contributed by atoms with Gasteiger partial charge in [-0.2, -0.15) is 0 Å². The quantitative estimate of drug-likeness (QED) is 0.758. The number of aromatic nitrogens is 2. The minimum Gasteiger partial charge on any atom is -0.468 e. The molecule has 2 aromatic rings. The van der Waals surface area contributed by atoms with Gasteiger partial charge < -0.3 is 9.30 Å². The van der Waals surface area contributed by atoms with Crippen LogP contribution in [-0.4, -0.2) is 22.6 Å². The summed E-state index contributed by atoms with van der Waals surface area (Å²) < 4.78 is 6.43. The summed E-state index contributed by atoms with van der Waals surface area (Å²) in [6.07, 6.45) is 3.45. The lowest BCUT2D eigenvalue weighted by Gasteiger charge is -2.06. The zero-order valence-electron chi connectivity index (χ0n) is 9.88. The first-order valence-corrected chi connectivity index (χ1v) is 5.35. The Balaban J connectivity index is 2.33. The third-order valence-corrected chi connectivity index (χ3v) is 2.52. The zero-order valence-corrected chi connectivity index (χ0v) is 9.88. The molecule has 2 rings (SSSR count). The van der Waals surface area contributed by atoms with Gasteiger partial charge in [-0.1, -0.05) is 23.8 Å². The number of imidazole rings is 1. The van der Waals surface area contributed by atoms with Gasteiger partial charge in [0, 0.05) is 18.0 Å². The Kier molecular flexibility index (Phi) is 3.23. The van der Waals surface area contributed by atoms with Crippen LogP contribution < -0.4 is 0 Å². The minimum atomic E-state index is -0.281. The van der Waals surface area contributed by atoms with Crippen LogP contribution in [0.3, 0.4) is 0 Å². The number of hydrogen-bond donors (Lipinski definition) is 0. The van der Waals surface area contributed by atoms with Gasteiger partial charge in [-0.05, 0) is 13.0 Å². The third-order valence-electron chi connectivity index (χ3n) is 2.52. The fraction of sp³-hybridized carbons (Fsp3) is 0.231. The van der Waals surface area contributed by atoms with E-state index in [4.69, 9.17) is 0 Å². The van der Waals surface area contributed by atoms with Gasteiger partial charge in [0.1, 0.15) is 12.4 Å². The van der Waals surface area contributed by atoms with E-state index in [9.17, 15) is 4.79 Å². The van der Waals surface area contributed by atoms with Gasteiger partial charge in [0.15, 0.2) is 0 Å². The molecule has 1 aromatic heterocycles. The van der Waals surface area contributed by atoms with E-state index in [0.717, 1.165) is 17.0 Å². The molecule has 0 spiro atoms. The van der Waals surface area contributed by atoms with Gasteiger partial charge in [-0.3, -0.25) is 4.79 Å². The van der Waals surface area contributed by atoms with Gasteiger partial charge in [0.05, 0.1) is 7.11 Å². The molecule has 0 N–H and O–H groups in total. The van der Waals surface area contributed by atoms with E-state index in [1.54, 1.807) is 17.0 Å². The van der Waals surface area contributed by atoms with E-state index in [2.05, 4.69) is 9.72 Å². The predicted molar refractivity (Wildman–Crippen MR) is 64.4 cm³/mol. The number of carbonyl (C=O) groups excluding carboxylic acids is 1. The first kappa shape index (κ1) is 11.4. The minimum absolute atomic E-state index is 0.180. The van der Waals surface area contributed by atoms with Crippen molar-refractivity contribution < 1.29 is 9.53 Å². The lowest BCUT2D eigenvalue weighted by Crippen LogP contribution is -2.11. The molecule has 0 radical (unpaired) electrons. The molecule has 0 unspecified atom stereocenters. The Morgan fingerprint density at radius 2 is 2.29 bits per heavy atom. The van der Waals surface area contributed by atoms with Crippen molar-refractivity contribution in [1.82, 2.24) is 9.55 Å². The van der Waals surface area contributed by atoms with E-state index in [1.807, 2.05) is 31.2 Å². The van der Waals surface area contributed by atoms with Gasteiger partial charge in [0.2, 0.25) is 0 Å². The summed E-state index contributed by atoms with van der Waals surface area (Å²) in [5, 5.41) is 0. The van der Waals surface area contributed by atoms with Crippen LogP contribution in [0, 0.1) is 6.92 Å². The number of esters is 1. The Labute approximate surface area is 99.9 Å². The first-order chi connectivity index (χ1) is 8.20. The maximum absolute atomic E-state index is 11.3. The average Bonchev–Trinajstić information content (AvgIpc) is 2.77. The van der Waals surface area contributed by atoms with E-state index >= 15 is 0 Å². The van der Waals surface area contributed by atoms with E-state index in [0.29, 0.717) is 0 Å². The number of nitrogens with zero attached hydrogens (tertiary/aromatic N) is 2. The predicted octanol–water partition coefficient (Wildman–Crippen LogP) is 2.03. The Bertz CT molecular complexity index is 532. The smallest absolute Gasteiger partial charge is 0.325 e. The molecule has 0 amide bonds. The molecule has 0 aliphatic rings. The van der Waals surface area contributed by atoms with Gasteiger partial charge in [0.25, 0.3) is 0 Å². The van der Waals surface area contributed by atoms with Crippen molar-refractivity contribution in [3.8, 4) is 11.4 Å². The highest BCUT2D eigenvalue weighted by molar-refractivity contribution is 5.70. The molecule has 0 fully saturated rings. The molecule has 0 saturated carbocycles. The third kappa shape index (κ3) is 2.53. The maximum Gasteiger partial charge on any atom is 0.325 e. The topological polar surface area (TPSA) is 44.1 Å². The second-order valence-electron chi connectivity index (χ2n) is 3.82. The van der Waals surface area contributed by atoms with Crippen LogP contribution in [0.1, 0.15) is 5.56 Å². The summed E-state index contributed by atoms with van der Waals surface area (Å²) in [5.74, 6) is 0.496. The number of rotatable bonds is 3. The van der Waals surface area contributed by atoms with Crippen molar-refractivity contribution >= 4 is 5.97 Å². The summed E-state index contributed by atoms with van der Waals surface area (Å²) in [7, 11) is 1.38. The lowest BCUT2D eigenvalue weighted by molar-refractivity contribution is -0.141. The van der Waals surface area contributed by atoms with Crippen molar-refractivity contribution in [2.24, 2.45) is 0 Å².